The van der Waals surface area contributed by atoms with Crippen molar-refractivity contribution in [2.24, 2.45) is 0 Å². The molecule has 0 radical (unpaired) electrons. The Labute approximate surface area is 119 Å². The van der Waals surface area contributed by atoms with Crippen LogP contribution in [0.5, 0.6) is 0 Å². The summed E-state index contributed by atoms with van der Waals surface area (Å²) in [6, 6.07) is 2.09. The van der Waals surface area contributed by atoms with E-state index in [1.807, 2.05) is 11.6 Å². The highest BCUT2D eigenvalue weighted by atomic mass is 16.5. The smallest absolute Gasteiger partial charge is 0.234 e. The largest absolute Gasteiger partial charge is 0.376 e. The Hall–Kier alpha value is -1.40. The fourth-order valence-corrected chi connectivity index (χ4v) is 2.89. The molecule has 1 aromatic rings. The van der Waals surface area contributed by atoms with Crippen LogP contribution in [0.4, 0.5) is 0 Å². The summed E-state index contributed by atoms with van der Waals surface area (Å²) in [5.41, 5.74) is 2.24. The van der Waals surface area contributed by atoms with Crippen molar-refractivity contribution in [3.8, 4) is 0 Å². The van der Waals surface area contributed by atoms with Crippen LogP contribution in [-0.4, -0.2) is 52.9 Å². The van der Waals surface area contributed by atoms with E-state index in [0.29, 0.717) is 13.1 Å². The Bertz CT molecular complexity index is 480. The van der Waals surface area contributed by atoms with Crippen LogP contribution in [0.15, 0.2) is 6.07 Å². The molecule has 6 heteroatoms. The summed E-state index contributed by atoms with van der Waals surface area (Å²) in [5, 5.41) is 7.40. The summed E-state index contributed by atoms with van der Waals surface area (Å²) in [4.78, 5) is 14.1. The topological polar surface area (TPSA) is 59.4 Å². The second-order valence-electron chi connectivity index (χ2n) is 5.65. The van der Waals surface area contributed by atoms with Crippen molar-refractivity contribution in [1.29, 1.82) is 0 Å². The molecule has 1 N–H and O–H groups in total. The minimum Gasteiger partial charge on any atom is -0.376 e. The normalized spacial score (nSPS) is 22.8. The van der Waals surface area contributed by atoms with Crippen molar-refractivity contribution in [3.05, 3.63) is 17.5 Å². The van der Waals surface area contributed by atoms with Gasteiger partial charge in [0, 0.05) is 26.2 Å². The maximum atomic E-state index is 12.0. The lowest BCUT2D eigenvalue weighted by Crippen LogP contribution is -2.43. The molecule has 6 nitrogen and oxygen atoms in total. The van der Waals surface area contributed by atoms with Gasteiger partial charge in [0.15, 0.2) is 0 Å². The predicted molar refractivity (Wildman–Crippen MR) is 74.2 cm³/mol. The zero-order valence-electron chi connectivity index (χ0n) is 12.0. The molecule has 1 fully saturated rings. The summed E-state index contributed by atoms with van der Waals surface area (Å²) in [6.45, 7) is 6.47. The van der Waals surface area contributed by atoms with E-state index in [4.69, 9.17) is 4.74 Å². The van der Waals surface area contributed by atoms with E-state index in [-0.39, 0.29) is 12.0 Å². The molecule has 0 bridgehead atoms. The predicted octanol–water partition coefficient (Wildman–Crippen LogP) is 0.302. The van der Waals surface area contributed by atoms with Gasteiger partial charge >= 0.3 is 0 Å². The van der Waals surface area contributed by atoms with E-state index < -0.39 is 0 Å². The van der Waals surface area contributed by atoms with Crippen LogP contribution in [-0.2, 0) is 22.6 Å². The molecule has 0 saturated carbocycles. The molecule has 1 atom stereocenters. The third-order valence-electron chi connectivity index (χ3n) is 3.92. The van der Waals surface area contributed by atoms with E-state index in [9.17, 15) is 4.79 Å². The second kappa shape index (κ2) is 5.93. The summed E-state index contributed by atoms with van der Waals surface area (Å²) in [6.07, 6.45) is 2.38. The van der Waals surface area contributed by atoms with Gasteiger partial charge in [0.05, 0.1) is 30.6 Å². The monoisotopic (exact) mass is 278 g/mol. The third-order valence-corrected chi connectivity index (χ3v) is 3.92. The van der Waals surface area contributed by atoms with Gasteiger partial charge < -0.3 is 10.1 Å². The molecule has 1 aromatic heterocycles. The molecule has 2 aliphatic heterocycles. The zero-order chi connectivity index (χ0) is 13.9. The van der Waals surface area contributed by atoms with Crippen molar-refractivity contribution in [3.63, 3.8) is 0 Å². The highest BCUT2D eigenvalue weighted by Gasteiger charge is 2.21. The Morgan fingerprint density at radius 2 is 2.45 bits per heavy atom. The highest BCUT2D eigenvalue weighted by Crippen LogP contribution is 2.13. The van der Waals surface area contributed by atoms with E-state index in [1.165, 1.54) is 5.69 Å². The quantitative estimate of drug-likeness (QED) is 0.861. The minimum atomic E-state index is 0.0881. The first-order valence-electron chi connectivity index (χ1n) is 7.35. The lowest BCUT2D eigenvalue weighted by atomic mass is 10.2. The number of nitrogens with zero attached hydrogens (tertiary/aromatic N) is 3. The fourth-order valence-electron chi connectivity index (χ4n) is 2.89. The number of amides is 1. The summed E-state index contributed by atoms with van der Waals surface area (Å²) in [5.74, 6) is 0.0881. The Balaban J connectivity index is 1.45. The van der Waals surface area contributed by atoms with Crippen LogP contribution in [0.3, 0.4) is 0 Å². The first-order chi connectivity index (χ1) is 9.70. The Kier molecular flexibility index (Phi) is 4.03. The van der Waals surface area contributed by atoms with Gasteiger partial charge in [0.25, 0.3) is 0 Å². The number of ether oxygens (including phenoxy) is 1. The van der Waals surface area contributed by atoms with Gasteiger partial charge in [0.2, 0.25) is 5.91 Å². The Morgan fingerprint density at radius 3 is 3.25 bits per heavy atom. The number of nitrogens with one attached hydrogen (secondary N) is 1. The summed E-state index contributed by atoms with van der Waals surface area (Å²) < 4.78 is 7.54. The molecule has 20 heavy (non-hydrogen) atoms. The van der Waals surface area contributed by atoms with Crippen molar-refractivity contribution in [2.75, 3.05) is 26.2 Å². The van der Waals surface area contributed by atoms with Crippen LogP contribution in [0.1, 0.15) is 24.2 Å². The van der Waals surface area contributed by atoms with Gasteiger partial charge in [-0.2, -0.15) is 5.10 Å². The first kappa shape index (κ1) is 13.6. The van der Waals surface area contributed by atoms with Crippen LogP contribution in [0, 0.1) is 6.92 Å². The Morgan fingerprint density at radius 1 is 1.55 bits per heavy atom. The zero-order valence-corrected chi connectivity index (χ0v) is 12.0. The molecule has 0 aromatic carbocycles. The number of aryl methyl sites for hydroxylation is 1. The van der Waals surface area contributed by atoms with Crippen molar-refractivity contribution < 1.29 is 9.53 Å². The van der Waals surface area contributed by atoms with E-state index in [2.05, 4.69) is 21.4 Å². The first-order valence-corrected chi connectivity index (χ1v) is 7.35. The molecular formula is C14H22N4O2. The average molecular weight is 278 g/mol. The van der Waals surface area contributed by atoms with E-state index >= 15 is 0 Å². The maximum Gasteiger partial charge on any atom is 0.234 e. The van der Waals surface area contributed by atoms with Gasteiger partial charge in [0.1, 0.15) is 0 Å². The number of hydrogen-bond acceptors (Lipinski definition) is 4. The minimum absolute atomic E-state index is 0.0881. The number of carbonyl (C=O) groups is 1. The van der Waals surface area contributed by atoms with Gasteiger partial charge in [-0.25, -0.2) is 0 Å². The van der Waals surface area contributed by atoms with Gasteiger partial charge in [-0.1, -0.05) is 0 Å². The third kappa shape index (κ3) is 3.19. The molecule has 110 valence electrons. The van der Waals surface area contributed by atoms with Crippen LogP contribution < -0.4 is 5.32 Å². The van der Waals surface area contributed by atoms with Crippen molar-refractivity contribution in [1.82, 2.24) is 20.0 Å². The van der Waals surface area contributed by atoms with Crippen molar-refractivity contribution >= 4 is 5.91 Å². The summed E-state index contributed by atoms with van der Waals surface area (Å²) >= 11 is 0. The number of hydrogen-bond donors (Lipinski definition) is 1. The molecule has 3 heterocycles. The van der Waals surface area contributed by atoms with Gasteiger partial charge in [-0.3, -0.25) is 14.4 Å². The number of rotatable bonds is 4. The highest BCUT2D eigenvalue weighted by molar-refractivity contribution is 5.78. The lowest BCUT2D eigenvalue weighted by Gasteiger charge is -2.27. The molecule has 3 rings (SSSR count). The van der Waals surface area contributed by atoms with Gasteiger partial charge in [-0.15, -0.1) is 0 Å². The van der Waals surface area contributed by atoms with E-state index in [1.54, 1.807) is 0 Å². The van der Waals surface area contributed by atoms with Crippen molar-refractivity contribution in [2.45, 2.75) is 39.0 Å². The molecule has 1 amide bonds. The summed E-state index contributed by atoms with van der Waals surface area (Å²) in [7, 11) is 0. The number of fused-ring (bicyclic) bond motifs is 1. The maximum absolute atomic E-state index is 12.0. The molecule has 0 aliphatic carbocycles. The molecule has 1 unspecified atom stereocenters. The molecule has 1 saturated heterocycles. The van der Waals surface area contributed by atoms with Gasteiger partial charge in [-0.05, 0) is 25.8 Å². The van der Waals surface area contributed by atoms with Crippen LogP contribution >= 0.6 is 0 Å². The molecular weight excluding hydrogens is 256 g/mol. The second-order valence-corrected chi connectivity index (χ2v) is 5.65. The standard InChI is InChI=1S/C14H22N4O2/c1-11-7-12-9-17(4-5-18(12)16-11)10-14(19)15-8-13-3-2-6-20-13/h7,13H,2-6,8-10H2,1H3,(H,15,19). The number of aromatic nitrogens is 2. The van der Waals surface area contributed by atoms with E-state index in [0.717, 1.165) is 44.8 Å². The fraction of sp³-hybridized carbons (Fsp3) is 0.714. The van der Waals surface area contributed by atoms with Crippen LogP contribution in [0.25, 0.3) is 0 Å². The molecule has 0 spiro atoms. The lowest BCUT2D eigenvalue weighted by molar-refractivity contribution is -0.123. The molecule has 2 aliphatic rings. The number of carbonyl (C=O) groups excluding carboxylic acids is 1. The van der Waals surface area contributed by atoms with Crippen LogP contribution in [0.2, 0.25) is 0 Å². The average Bonchev–Trinajstić information content (AvgIpc) is 3.04. The SMILES string of the molecule is Cc1cc2n(n1)CCN(CC(=O)NCC1CCCO1)C2.